The monoisotopic (exact) mass is 267 g/mol. The predicted octanol–water partition coefficient (Wildman–Crippen LogP) is 3.51. The van der Waals surface area contributed by atoms with E-state index in [4.69, 9.17) is 0 Å². The number of nitro groups is 1. The maximum absolute atomic E-state index is 12.5. The van der Waals surface area contributed by atoms with Gasteiger partial charge in [-0.2, -0.15) is 0 Å². The molecule has 0 unspecified atom stereocenters. The molecule has 0 saturated heterocycles. The van der Waals surface area contributed by atoms with Crippen molar-refractivity contribution in [2.45, 2.75) is 18.8 Å². The number of non-ortho nitro benzene ring substituents is 1. The Morgan fingerprint density at radius 2 is 1.75 bits per heavy atom. The molecule has 0 aromatic heterocycles. The Balaban J connectivity index is 1.92. The molecule has 20 heavy (non-hydrogen) atoms. The van der Waals surface area contributed by atoms with Gasteiger partial charge in [0.2, 0.25) is 0 Å². The van der Waals surface area contributed by atoms with Crippen molar-refractivity contribution in [3.8, 4) is 0 Å². The molecular weight excluding hydrogens is 254 g/mol. The fraction of sp³-hybridized carbons (Fsp3) is 0.188. The van der Waals surface area contributed by atoms with E-state index in [1.54, 1.807) is 12.1 Å². The zero-order chi connectivity index (χ0) is 14.1. The normalized spacial score (nSPS) is 17.6. The van der Waals surface area contributed by atoms with Gasteiger partial charge in [-0.25, -0.2) is 0 Å². The van der Waals surface area contributed by atoms with Crippen LogP contribution in [0, 0.1) is 10.1 Å². The third-order valence-corrected chi connectivity index (χ3v) is 3.81. The van der Waals surface area contributed by atoms with E-state index in [0.29, 0.717) is 0 Å². The molecule has 1 aliphatic carbocycles. The van der Waals surface area contributed by atoms with Crippen LogP contribution in [0.2, 0.25) is 0 Å². The number of fused-ring (bicyclic) bond motifs is 1. The van der Waals surface area contributed by atoms with E-state index in [1.807, 2.05) is 24.3 Å². The number of carbonyl (C=O) groups excluding carboxylic acids is 1. The Hall–Kier alpha value is -2.49. The largest absolute Gasteiger partial charge is 0.293 e. The van der Waals surface area contributed by atoms with Gasteiger partial charge in [0.05, 0.1) is 4.92 Å². The number of hydrogen-bond acceptors (Lipinski definition) is 3. The minimum Gasteiger partial charge on any atom is -0.293 e. The highest BCUT2D eigenvalue weighted by molar-refractivity contribution is 6.03. The van der Waals surface area contributed by atoms with Gasteiger partial charge in [-0.1, -0.05) is 36.4 Å². The highest BCUT2D eigenvalue weighted by atomic mass is 16.6. The zero-order valence-corrected chi connectivity index (χ0v) is 10.8. The predicted molar refractivity (Wildman–Crippen MR) is 74.9 cm³/mol. The van der Waals surface area contributed by atoms with Crippen LogP contribution in [-0.2, 0) is 6.42 Å². The smallest absolute Gasteiger partial charge is 0.269 e. The Labute approximate surface area is 116 Å². The van der Waals surface area contributed by atoms with E-state index in [2.05, 4.69) is 0 Å². The van der Waals surface area contributed by atoms with Crippen molar-refractivity contribution in [1.82, 2.24) is 0 Å². The summed E-state index contributed by atoms with van der Waals surface area (Å²) in [4.78, 5) is 22.7. The minimum atomic E-state index is -0.429. The van der Waals surface area contributed by atoms with Crippen molar-refractivity contribution < 1.29 is 9.72 Å². The lowest BCUT2D eigenvalue weighted by molar-refractivity contribution is -0.384. The Bertz CT molecular complexity index is 676. The van der Waals surface area contributed by atoms with Crippen LogP contribution < -0.4 is 0 Å². The topological polar surface area (TPSA) is 60.2 Å². The highest BCUT2D eigenvalue weighted by Gasteiger charge is 2.28. The van der Waals surface area contributed by atoms with Crippen LogP contribution in [0.1, 0.15) is 33.8 Å². The van der Waals surface area contributed by atoms with E-state index in [0.717, 1.165) is 29.5 Å². The molecule has 2 aromatic rings. The fourth-order valence-electron chi connectivity index (χ4n) is 2.74. The van der Waals surface area contributed by atoms with Crippen molar-refractivity contribution in [3.05, 3.63) is 75.3 Å². The van der Waals surface area contributed by atoms with Crippen LogP contribution in [0.4, 0.5) is 5.69 Å². The van der Waals surface area contributed by atoms with E-state index in [-0.39, 0.29) is 17.4 Å². The maximum Gasteiger partial charge on any atom is 0.269 e. The number of Topliss-reactive ketones (excluding diaryl/α,β-unsaturated/α-hetero) is 1. The van der Waals surface area contributed by atoms with Crippen LogP contribution >= 0.6 is 0 Å². The number of benzene rings is 2. The van der Waals surface area contributed by atoms with Crippen LogP contribution in [0.15, 0.2) is 48.5 Å². The fourth-order valence-corrected chi connectivity index (χ4v) is 2.74. The molecule has 0 aliphatic heterocycles. The maximum atomic E-state index is 12.5. The summed E-state index contributed by atoms with van der Waals surface area (Å²) >= 11 is 0. The summed E-state index contributed by atoms with van der Waals surface area (Å²) in [5.74, 6) is -0.0774. The van der Waals surface area contributed by atoms with E-state index in [9.17, 15) is 14.9 Å². The third-order valence-electron chi connectivity index (χ3n) is 3.81. The highest BCUT2D eigenvalue weighted by Crippen LogP contribution is 2.33. The number of ketones is 1. The number of nitrogens with zero attached hydrogens (tertiary/aromatic N) is 1. The van der Waals surface area contributed by atoms with Crippen LogP contribution in [0.25, 0.3) is 0 Å². The first-order chi connectivity index (χ1) is 9.66. The van der Waals surface area contributed by atoms with Gasteiger partial charge in [-0.15, -0.1) is 0 Å². The van der Waals surface area contributed by atoms with Crippen LogP contribution in [0.3, 0.4) is 0 Å². The molecule has 3 rings (SSSR count). The van der Waals surface area contributed by atoms with Gasteiger partial charge in [0.1, 0.15) is 0 Å². The summed E-state index contributed by atoms with van der Waals surface area (Å²) in [7, 11) is 0. The first-order valence-electron chi connectivity index (χ1n) is 6.53. The summed E-state index contributed by atoms with van der Waals surface area (Å²) < 4.78 is 0. The lowest BCUT2D eigenvalue weighted by atomic mass is 9.79. The number of rotatable bonds is 2. The van der Waals surface area contributed by atoms with Crippen molar-refractivity contribution in [3.63, 3.8) is 0 Å². The summed E-state index contributed by atoms with van der Waals surface area (Å²) in [6.07, 6.45) is 1.62. The molecule has 4 heteroatoms. The summed E-state index contributed by atoms with van der Waals surface area (Å²) in [6.45, 7) is 0. The van der Waals surface area contributed by atoms with Crippen molar-refractivity contribution >= 4 is 11.5 Å². The molecule has 4 nitrogen and oxygen atoms in total. The molecule has 0 spiro atoms. The molecule has 0 bridgehead atoms. The quantitative estimate of drug-likeness (QED) is 0.618. The Kier molecular flexibility index (Phi) is 3.06. The molecule has 2 aromatic carbocycles. The number of nitro benzene ring substituents is 1. The van der Waals surface area contributed by atoms with Gasteiger partial charge in [-0.05, 0) is 24.0 Å². The average molecular weight is 267 g/mol. The van der Waals surface area contributed by atoms with Gasteiger partial charge in [0, 0.05) is 23.6 Å². The Morgan fingerprint density at radius 3 is 2.45 bits per heavy atom. The number of hydrogen-bond donors (Lipinski definition) is 0. The van der Waals surface area contributed by atoms with Gasteiger partial charge in [0.25, 0.3) is 5.69 Å². The van der Waals surface area contributed by atoms with E-state index < -0.39 is 4.92 Å². The first kappa shape index (κ1) is 12.5. The van der Waals surface area contributed by atoms with Crippen LogP contribution in [-0.4, -0.2) is 10.7 Å². The molecule has 1 atom stereocenters. The van der Waals surface area contributed by atoms with E-state index >= 15 is 0 Å². The van der Waals surface area contributed by atoms with Gasteiger partial charge in [0.15, 0.2) is 5.78 Å². The minimum absolute atomic E-state index is 0.0532. The third kappa shape index (κ3) is 2.09. The van der Waals surface area contributed by atoms with Crippen molar-refractivity contribution in [2.75, 3.05) is 0 Å². The second-order valence-electron chi connectivity index (χ2n) is 4.96. The van der Waals surface area contributed by atoms with E-state index in [1.165, 1.54) is 12.1 Å². The Morgan fingerprint density at radius 1 is 1.05 bits per heavy atom. The number of aryl methyl sites for hydroxylation is 1. The molecule has 0 fully saturated rings. The lowest BCUT2D eigenvalue weighted by Crippen LogP contribution is -2.20. The second kappa shape index (κ2) is 4.89. The summed E-state index contributed by atoms with van der Waals surface area (Å²) in [5, 5.41) is 10.7. The number of carbonyl (C=O) groups is 1. The summed E-state index contributed by atoms with van der Waals surface area (Å²) in [5.41, 5.74) is 2.78. The SMILES string of the molecule is O=C1c2ccccc2CC[C@H]1c1ccc([N+](=O)[O-])cc1. The first-order valence-corrected chi connectivity index (χ1v) is 6.53. The lowest BCUT2D eigenvalue weighted by Gasteiger charge is -2.23. The molecular formula is C16H13NO3. The zero-order valence-electron chi connectivity index (χ0n) is 10.8. The van der Waals surface area contributed by atoms with Gasteiger partial charge >= 0.3 is 0 Å². The molecule has 0 amide bonds. The second-order valence-corrected chi connectivity index (χ2v) is 4.96. The van der Waals surface area contributed by atoms with Gasteiger partial charge < -0.3 is 0 Å². The van der Waals surface area contributed by atoms with Crippen molar-refractivity contribution in [2.24, 2.45) is 0 Å². The molecule has 0 N–H and O–H groups in total. The summed E-state index contributed by atoms with van der Waals surface area (Å²) in [6, 6.07) is 14.0. The molecule has 0 radical (unpaired) electrons. The molecule has 0 heterocycles. The molecule has 0 saturated carbocycles. The standard InChI is InChI=1S/C16H13NO3/c18-16-14-4-2-1-3-11(14)7-10-15(16)12-5-8-13(9-6-12)17(19)20/h1-6,8-9,15H,7,10H2/t15-/m0/s1. The molecule has 100 valence electrons. The average Bonchev–Trinajstić information content (AvgIpc) is 2.48. The van der Waals surface area contributed by atoms with Crippen LogP contribution in [0.5, 0.6) is 0 Å². The molecule has 1 aliphatic rings. The van der Waals surface area contributed by atoms with Crippen molar-refractivity contribution in [1.29, 1.82) is 0 Å². The van der Waals surface area contributed by atoms with Gasteiger partial charge in [-0.3, -0.25) is 14.9 Å².